The summed E-state index contributed by atoms with van der Waals surface area (Å²) >= 11 is 9.01. The summed E-state index contributed by atoms with van der Waals surface area (Å²) in [6.45, 7) is 6.94. The van der Waals surface area contributed by atoms with E-state index in [4.69, 9.17) is 16.3 Å². The third-order valence-electron chi connectivity index (χ3n) is 6.23. The van der Waals surface area contributed by atoms with E-state index < -0.39 is 11.4 Å². The molecule has 1 aliphatic carbocycles. The van der Waals surface area contributed by atoms with Crippen LogP contribution in [0.1, 0.15) is 52.0 Å². The number of aliphatic carboxylic acids is 1. The molecule has 0 spiro atoms. The third-order valence-corrected chi connectivity index (χ3v) is 9.17. The second-order valence-electron chi connectivity index (χ2n) is 9.64. The summed E-state index contributed by atoms with van der Waals surface area (Å²) in [6.07, 6.45) is 5.84. The molecule has 0 atom stereocenters. The molecule has 1 heterocycles. The van der Waals surface area contributed by atoms with Gasteiger partial charge in [0.25, 0.3) is 0 Å². The highest BCUT2D eigenvalue weighted by Crippen LogP contribution is 2.34. The molecule has 7 nitrogen and oxygen atoms in total. The predicted octanol–water partition coefficient (Wildman–Crippen LogP) is 6.63. The number of halogens is 1. The van der Waals surface area contributed by atoms with Crippen LogP contribution in [0.25, 0.3) is 0 Å². The summed E-state index contributed by atoms with van der Waals surface area (Å²) in [4.78, 5) is 30.8. The second kappa shape index (κ2) is 12.9. The van der Waals surface area contributed by atoms with E-state index in [0.717, 1.165) is 35.5 Å². The summed E-state index contributed by atoms with van der Waals surface area (Å²) in [7, 11) is 0. The molecular weight excluding hydrogens is 506 g/mol. The summed E-state index contributed by atoms with van der Waals surface area (Å²) in [5.41, 5.74) is 0.0901. The average molecular weight is 540 g/mol. The Kier molecular flexibility index (Phi) is 10.3. The number of hydrogen-bond donors (Lipinski definition) is 2. The number of thiazole rings is 1. The van der Waals surface area contributed by atoms with Crippen LogP contribution in [-0.4, -0.2) is 51.9 Å². The van der Waals surface area contributed by atoms with Crippen molar-refractivity contribution in [2.75, 3.05) is 24.2 Å². The van der Waals surface area contributed by atoms with Crippen molar-refractivity contribution >= 4 is 51.8 Å². The molecule has 2 amide bonds. The molecule has 0 aliphatic heterocycles. The normalized spacial score (nSPS) is 18.3. The van der Waals surface area contributed by atoms with Gasteiger partial charge in [-0.3, -0.25) is 10.1 Å². The number of benzene rings is 1. The number of thioether (sulfide) groups is 1. The molecule has 1 aromatic carbocycles. The Hall–Kier alpha value is -1.81. The van der Waals surface area contributed by atoms with Crippen molar-refractivity contribution in [3.05, 3.63) is 41.0 Å². The summed E-state index contributed by atoms with van der Waals surface area (Å²) < 4.78 is 6.73. The molecule has 0 bridgehead atoms. The smallest absolute Gasteiger partial charge is 0.323 e. The number of carbonyl (C=O) groups excluding carboxylic acids is 1. The van der Waals surface area contributed by atoms with Gasteiger partial charge in [-0.2, -0.15) is 0 Å². The zero-order chi connectivity index (χ0) is 25.4. The average Bonchev–Trinajstić information content (AvgIpc) is 3.27. The van der Waals surface area contributed by atoms with Crippen molar-refractivity contribution in [3.63, 3.8) is 0 Å². The Morgan fingerprint density at radius 2 is 2.00 bits per heavy atom. The zero-order valence-corrected chi connectivity index (χ0v) is 22.8. The first-order valence-electron chi connectivity index (χ1n) is 11.9. The number of hydrogen-bond acceptors (Lipinski definition) is 6. The lowest BCUT2D eigenvalue weighted by molar-refractivity contribution is -0.145. The number of rotatable bonds is 11. The van der Waals surface area contributed by atoms with Crippen LogP contribution in [0.2, 0.25) is 5.02 Å². The topological polar surface area (TPSA) is 91.8 Å². The van der Waals surface area contributed by atoms with Gasteiger partial charge in [0, 0.05) is 23.4 Å². The number of aromatic nitrogens is 1. The monoisotopic (exact) mass is 539 g/mol. The molecule has 2 N–H and O–H groups in total. The third kappa shape index (κ3) is 8.37. The minimum Gasteiger partial charge on any atom is -0.481 e. The minimum absolute atomic E-state index is 0.167. The molecule has 2 aromatic rings. The van der Waals surface area contributed by atoms with Gasteiger partial charge in [0.15, 0.2) is 5.13 Å². The van der Waals surface area contributed by atoms with E-state index in [1.165, 1.54) is 23.1 Å². The number of nitrogens with zero attached hydrogens (tertiary/aromatic N) is 2. The highest BCUT2D eigenvalue weighted by molar-refractivity contribution is 8.01. The highest BCUT2D eigenvalue weighted by atomic mass is 35.5. The van der Waals surface area contributed by atoms with E-state index in [9.17, 15) is 14.7 Å². The maximum atomic E-state index is 13.2. The molecule has 35 heavy (non-hydrogen) atoms. The first-order valence-corrected chi connectivity index (χ1v) is 14.0. The molecule has 1 aliphatic rings. The van der Waals surface area contributed by atoms with Crippen LogP contribution in [-0.2, 0) is 16.1 Å². The molecule has 1 aromatic heterocycles. The number of ether oxygens (including phenoxy) is 1. The van der Waals surface area contributed by atoms with E-state index in [2.05, 4.69) is 17.2 Å². The molecule has 0 saturated heterocycles. The zero-order valence-electron chi connectivity index (χ0n) is 20.5. The second-order valence-corrected chi connectivity index (χ2v) is 12.4. The Bertz CT molecular complexity index is 993. The lowest BCUT2D eigenvalue weighted by Crippen LogP contribution is -2.46. The SMILES string of the molecule is CC(C)(CSc1cnc(NC(=O)N(CCOCc2ccccc2Cl)[C@H]2CC[C@H](C)CC2)s1)C(=O)O. The first kappa shape index (κ1) is 27.8. The van der Waals surface area contributed by atoms with Crippen LogP contribution in [0.3, 0.4) is 0 Å². The van der Waals surface area contributed by atoms with Crippen molar-refractivity contribution in [1.29, 1.82) is 0 Å². The van der Waals surface area contributed by atoms with Crippen LogP contribution in [0.15, 0.2) is 34.7 Å². The fraction of sp³-hybridized carbons (Fsp3) is 0.560. The van der Waals surface area contributed by atoms with Gasteiger partial charge in [0.05, 0.1) is 29.0 Å². The van der Waals surface area contributed by atoms with Gasteiger partial charge >= 0.3 is 12.0 Å². The standard InChI is InChI=1S/C25H34ClN3O4S2/c1-17-8-10-19(11-9-17)29(12-13-33-15-18-6-4-5-7-20(18)26)24(32)28-23-27-14-21(35-23)34-16-25(2,3)22(30)31/h4-7,14,17,19H,8-13,15-16H2,1-3H3,(H,30,31)(H,27,28,32)/t17-,19-. The number of urea groups is 1. The van der Waals surface area contributed by atoms with Crippen molar-refractivity contribution < 1.29 is 19.4 Å². The van der Waals surface area contributed by atoms with Crippen molar-refractivity contribution in [2.45, 2.75) is 63.3 Å². The highest BCUT2D eigenvalue weighted by Gasteiger charge is 2.29. The van der Waals surface area contributed by atoms with E-state index in [0.29, 0.717) is 41.6 Å². The number of carbonyl (C=O) groups is 2. The molecule has 0 radical (unpaired) electrons. The van der Waals surface area contributed by atoms with Crippen molar-refractivity contribution in [3.8, 4) is 0 Å². The number of amides is 2. The Morgan fingerprint density at radius 3 is 2.69 bits per heavy atom. The van der Waals surface area contributed by atoms with E-state index in [1.807, 2.05) is 29.2 Å². The maximum Gasteiger partial charge on any atom is 0.323 e. The molecule has 10 heteroatoms. The van der Waals surface area contributed by atoms with Crippen molar-refractivity contribution in [2.24, 2.45) is 11.3 Å². The largest absolute Gasteiger partial charge is 0.481 e. The summed E-state index contributed by atoms with van der Waals surface area (Å²) in [6, 6.07) is 7.58. The van der Waals surface area contributed by atoms with E-state index in [-0.39, 0.29) is 12.1 Å². The Labute approximate surface area is 220 Å². The molecule has 192 valence electrons. The van der Waals surface area contributed by atoms with Gasteiger partial charge in [-0.05, 0) is 57.1 Å². The fourth-order valence-electron chi connectivity index (χ4n) is 3.82. The van der Waals surface area contributed by atoms with Gasteiger partial charge in [-0.15, -0.1) is 11.8 Å². The fourth-order valence-corrected chi connectivity index (χ4v) is 5.96. The quantitative estimate of drug-likeness (QED) is 0.246. The predicted molar refractivity (Wildman–Crippen MR) is 143 cm³/mol. The van der Waals surface area contributed by atoms with Gasteiger partial charge < -0.3 is 14.7 Å². The van der Waals surface area contributed by atoms with Crippen LogP contribution < -0.4 is 5.32 Å². The van der Waals surface area contributed by atoms with Crippen LogP contribution >= 0.6 is 34.7 Å². The minimum atomic E-state index is -0.836. The lowest BCUT2D eigenvalue weighted by Gasteiger charge is -2.36. The van der Waals surface area contributed by atoms with Crippen LogP contribution in [0, 0.1) is 11.3 Å². The van der Waals surface area contributed by atoms with Gasteiger partial charge in [0.1, 0.15) is 0 Å². The number of carboxylic acid groups (broad SMARTS) is 1. The Morgan fingerprint density at radius 1 is 1.29 bits per heavy atom. The van der Waals surface area contributed by atoms with Crippen LogP contribution in [0.4, 0.5) is 9.93 Å². The number of anilines is 1. The summed E-state index contributed by atoms with van der Waals surface area (Å²) in [5, 5.41) is 13.4. The molecule has 0 unspecified atom stereocenters. The maximum absolute atomic E-state index is 13.2. The van der Waals surface area contributed by atoms with E-state index in [1.54, 1.807) is 20.0 Å². The van der Waals surface area contributed by atoms with Gasteiger partial charge in [0.2, 0.25) is 0 Å². The van der Waals surface area contributed by atoms with Gasteiger partial charge in [-0.25, -0.2) is 9.78 Å². The van der Waals surface area contributed by atoms with Gasteiger partial charge in [-0.1, -0.05) is 48.1 Å². The molecular formula is C25H34ClN3O4S2. The molecule has 1 saturated carbocycles. The number of carboxylic acids is 1. The molecule has 1 fully saturated rings. The molecule has 3 rings (SSSR count). The number of nitrogens with one attached hydrogen (secondary N) is 1. The summed E-state index contributed by atoms with van der Waals surface area (Å²) in [5.74, 6) is 0.269. The van der Waals surface area contributed by atoms with Crippen LogP contribution in [0.5, 0.6) is 0 Å². The first-order chi connectivity index (χ1) is 16.7. The Balaban J connectivity index is 1.57. The van der Waals surface area contributed by atoms with Crippen molar-refractivity contribution in [1.82, 2.24) is 9.88 Å². The van der Waals surface area contributed by atoms with E-state index >= 15 is 0 Å². The lowest BCUT2D eigenvalue weighted by atomic mass is 9.86.